The molecule has 0 radical (unpaired) electrons. The van der Waals surface area contributed by atoms with E-state index >= 15 is 0 Å². The van der Waals surface area contributed by atoms with Gasteiger partial charge >= 0.3 is 35.1 Å². The molecule has 0 amide bonds. The van der Waals surface area contributed by atoms with E-state index in [1.54, 1.807) is 22.9 Å². The number of likely N-dealkylation sites (tertiary alicyclic amines) is 1. The van der Waals surface area contributed by atoms with Crippen LogP contribution in [-0.2, 0) is 0 Å². The van der Waals surface area contributed by atoms with E-state index in [4.69, 9.17) is 11.6 Å². The molecular formula is C13H17ClF6N5OP. The molecule has 1 aliphatic heterocycles. The maximum Gasteiger partial charge on any atom is -1.00 e. The predicted octanol–water partition coefficient (Wildman–Crippen LogP) is 0.861. The number of halogens is 7. The molecule has 1 aromatic carbocycles. The van der Waals surface area contributed by atoms with Crippen LogP contribution in [0.5, 0.6) is 0 Å². The molecule has 1 aromatic heterocycles. The standard InChI is InChI=1S/C13H17ClN5O.F5P.FH/c1-16(2)13(17-7-3-4-8-17)18-12-9-10(14)5-6-11(12)19(20)15-18;1-6(2,3,4)5;/h5-6,9H,3-4,7-8H2,1-2H3;;1H/q+1;;/p-1. The number of rotatable bonds is 0. The molecule has 1 aliphatic rings. The number of aromatic nitrogens is 3. The third-order valence-electron chi connectivity index (χ3n) is 3.52. The van der Waals surface area contributed by atoms with Crippen LogP contribution in [0.4, 0.5) is 21.0 Å². The fourth-order valence-electron chi connectivity index (χ4n) is 2.68. The fraction of sp³-hybridized carbons (Fsp3) is 0.462. The summed E-state index contributed by atoms with van der Waals surface area (Å²) in [5.41, 5.74) is 1.25. The zero-order valence-corrected chi connectivity index (χ0v) is 15.9. The van der Waals surface area contributed by atoms with Gasteiger partial charge in [0.25, 0.3) is 0 Å². The van der Waals surface area contributed by atoms with Crippen LogP contribution >= 0.6 is 19.8 Å². The van der Waals surface area contributed by atoms with Gasteiger partial charge in [-0.15, -0.1) is 4.85 Å². The van der Waals surface area contributed by atoms with Crippen molar-refractivity contribution in [2.45, 2.75) is 12.8 Å². The van der Waals surface area contributed by atoms with Gasteiger partial charge in [0.1, 0.15) is 5.21 Å². The van der Waals surface area contributed by atoms with Crippen molar-refractivity contribution in [1.82, 2.24) is 14.8 Å². The van der Waals surface area contributed by atoms with Gasteiger partial charge in [-0.25, -0.2) is 0 Å². The van der Waals surface area contributed by atoms with Gasteiger partial charge in [0.15, 0.2) is 0 Å². The third kappa shape index (κ3) is 6.69. The second-order valence-electron chi connectivity index (χ2n) is 5.83. The number of hydrogen-bond donors (Lipinski definition) is 0. The Kier molecular flexibility index (Phi) is 6.93. The molecule has 0 N–H and O–H groups in total. The molecule has 1 fully saturated rings. The first-order valence-corrected chi connectivity index (χ1v) is 9.57. The fourth-order valence-corrected chi connectivity index (χ4v) is 2.84. The topological polar surface area (TPSA) is 51.0 Å². The Balaban J connectivity index is 0.000000456. The summed E-state index contributed by atoms with van der Waals surface area (Å²) < 4.78 is 52.9. The minimum atomic E-state index is -8.55. The van der Waals surface area contributed by atoms with E-state index in [1.165, 1.54) is 0 Å². The van der Waals surface area contributed by atoms with E-state index in [0.29, 0.717) is 15.4 Å². The summed E-state index contributed by atoms with van der Waals surface area (Å²) in [6.07, 6.45) is 2.32. The van der Waals surface area contributed by atoms with E-state index in [-0.39, 0.29) is 4.70 Å². The maximum absolute atomic E-state index is 11.9. The number of nitrogens with zero attached hydrogens (tertiary/aromatic N) is 5. The molecule has 0 unspecified atom stereocenters. The molecule has 14 heteroatoms. The van der Waals surface area contributed by atoms with E-state index in [1.807, 2.05) is 18.7 Å². The monoisotopic (exact) mass is 439 g/mol. The van der Waals surface area contributed by atoms with E-state index < -0.39 is 8.16 Å². The minimum Gasteiger partial charge on any atom is -1.00 e. The Hall–Kier alpha value is -1.81. The van der Waals surface area contributed by atoms with Gasteiger partial charge in [0.2, 0.25) is 11.0 Å². The van der Waals surface area contributed by atoms with Crippen LogP contribution in [0.25, 0.3) is 11.0 Å². The van der Waals surface area contributed by atoms with Crippen LogP contribution in [0, 0.1) is 5.21 Å². The first-order valence-electron chi connectivity index (χ1n) is 7.50. The summed E-state index contributed by atoms with van der Waals surface area (Å²) in [5.74, 6) is 0.907. The van der Waals surface area contributed by atoms with Crippen molar-refractivity contribution in [2.75, 3.05) is 27.2 Å². The van der Waals surface area contributed by atoms with Crippen LogP contribution in [0.2, 0.25) is 5.02 Å². The van der Waals surface area contributed by atoms with E-state index in [0.717, 1.165) is 37.4 Å². The van der Waals surface area contributed by atoms with Crippen molar-refractivity contribution in [2.24, 2.45) is 0 Å². The normalized spacial score (nSPS) is 15.4. The number of benzene rings is 1. The summed E-state index contributed by atoms with van der Waals surface area (Å²) in [5, 5.41) is 16.6. The molecule has 2 aromatic rings. The van der Waals surface area contributed by atoms with Crippen LogP contribution in [-0.4, -0.2) is 52.5 Å². The zero-order valence-electron chi connectivity index (χ0n) is 14.3. The van der Waals surface area contributed by atoms with Crippen molar-refractivity contribution < 1.29 is 35.1 Å². The SMILES string of the molecule is C[N+](C)=C(N1CCCC1)n1n[n+]([O-])c2ccc(Cl)cc21.FP(F)(F)(F)F.[F-]. The molecule has 1 saturated heterocycles. The Labute approximate surface area is 155 Å². The van der Waals surface area contributed by atoms with Gasteiger partial charge in [-0.2, -0.15) is 0 Å². The minimum absolute atomic E-state index is 0. The maximum atomic E-state index is 11.9. The third-order valence-corrected chi connectivity index (χ3v) is 3.76. The Morgan fingerprint density at radius 2 is 1.70 bits per heavy atom. The molecule has 154 valence electrons. The molecule has 0 bridgehead atoms. The molecule has 3 rings (SSSR count). The molecule has 6 nitrogen and oxygen atoms in total. The molecule has 0 atom stereocenters. The first-order chi connectivity index (χ1) is 11.8. The second-order valence-corrected chi connectivity index (χ2v) is 7.55. The molecule has 0 saturated carbocycles. The summed E-state index contributed by atoms with van der Waals surface area (Å²) >= 11 is 6.05. The van der Waals surface area contributed by atoms with Gasteiger partial charge in [-0.1, -0.05) is 11.6 Å². The summed E-state index contributed by atoms with van der Waals surface area (Å²) in [4.78, 5) is 2.89. The average molecular weight is 440 g/mol. The van der Waals surface area contributed by atoms with E-state index in [2.05, 4.69) is 10.1 Å². The van der Waals surface area contributed by atoms with Crippen LogP contribution in [0.3, 0.4) is 0 Å². The van der Waals surface area contributed by atoms with Gasteiger partial charge in [0, 0.05) is 11.1 Å². The molecule has 2 heterocycles. The van der Waals surface area contributed by atoms with Gasteiger partial charge in [-0.3, -0.25) is 9.48 Å². The van der Waals surface area contributed by atoms with Crippen LogP contribution in [0.1, 0.15) is 12.8 Å². The number of fused-ring (bicyclic) bond motifs is 1. The van der Waals surface area contributed by atoms with Crippen LogP contribution < -0.4 is 9.55 Å². The van der Waals surface area contributed by atoms with Crippen molar-refractivity contribution in [1.29, 1.82) is 0 Å². The van der Waals surface area contributed by atoms with Crippen molar-refractivity contribution in [3.8, 4) is 0 Å². The first kappa shape index (κ1) is 23.2. The van der Waals surface area contributed by atoms with Crippen molar-refractivity contribution in [3.63, 3.8) is 0 Å². The number of hydrogen-bond acceptors (Lipinski definition) is 2. The quantitative estimate of drug-likeness (QED) is 0.153. The van der Waals surface area contributed by atoms with Gasteiger partial charge in [0.05, 0.1) is 27.2 Å². The Morgan fingerprint density at radius 3 is 2.19 bits per heavy atom. The molecular weight excluding hydrogens is 423 g/mol. The average Bonchev–Trinajstić information content (AvgIpc) is 3.06. The van der Waals surface area contributed by atoms with Gasteiger partial charge in [-0.05, 0) is 29.7 Å². The Bertz CT molecular complexity index is 826. The second kappa shape index (κ2) is 8.05. The van der Waals surface area contributed by atoms with Gasteiger partial charge < -0.3 is 9.91 Å². The Morgan fingerprint density at radius 1 is 1.19 bits per heavy atom. The largest absolute Gasteiger partial charge is 1.00 e. The molecule has 0 aliphatic carbocycles. The summed E-state index contributed by atoms with van der Waals surface area (Å²) in [6, 6.07) is 5.18. The van der Waals surface area contributed by atoms with Crippen molar-refractivity contribution in [3.05, 3.63) is 28.4 Å². The van der Waals surface area contributed by atoms with Crippen LogP contribution in [0.15, 0.2) is 18.2 Å². The summed E-state index contributed by atoms with van der Waals surface area (Å²) in [6.45, 7) is 1.96. The zero-order chi connectivity index (χ0) is 19.7. The van der Waals surface area contributed by atoms with Crippen molar-refractivity contribution >= 4 is 36.8 Å². The predicted molar refractivity (Wildman–Crippen MR) is 89.5 cm³/mol. The summed E-state index contributed by atoms with van der Waals surface area (Å²) in [7, 11) is -4.63. The van der Waals surface area contributed by atoms with E-state index in [9.17, 15) is 26.2 Å². The smallest absolute Gasteiger partial charge is 1.00 e. The molecule has 27 heavy (non-hydrogen) atoms. The molecule has 0 spiro atoms.